The van der Waals surface area contributed by atoms with E-state index in [-0.39, 0.29) is 11.4 Å². The van der Waals surface area contributed by atoms with Crippen LogP contribution in [-0.4, -0.2) is 14.7 Å². The summed E-state index contributed by atoms with van der Waals surface area (Å²) < 4.78 is 15.1. The Bertz CT molecular complexity index is 682. The van der Waals surface area contributed by atoms with Crippen molar-refractivity contribution in [1.29, 1.82) is 0 Å². The first kappa shape index (κ1) is 15.9. The molecule has 1 aromatic carbocycles. The average molecular weight is 306 g/mol. The van der Waals surface area contributed by atoms with Gasteiger partial charge < -0.3 is 5.32 Å². The molecule has 1 aromatic heterocycles. The molecule has 0 unspecified atom stereocenters. The number of nitrogens with zero attached hydrogens (tertiary/aromatic N) is 3. The van der Waals surface area contributed by atoms with Crippen LogP contribution < -0.4 is 5.32 Å². The van der Waals surface area contributed by atoms with Crippen molar-refractivity contribution >= 4 is 17.1 Å². The Morgan fingerprint density at radius 2 is 2.14 bits per heavy atom. The number of rotatable bonds is 6. The van der Waals surface area contributed by atoms with Crippen LogP contribution in [0.1, 0.15) is 26.5 Å². The third-order valence-electron chi connectivity index (χ3n) is 3.25. The highest BCUT2D eigenvalue weighted by Gasteiger charge is 2.17. The summed E-state index contributed by atoms with van der Waals surface area (Å²) in [5, 5.41) is 18.4. The van der Waals surface area contributed by atoms with Crippen LogP contribution in [0.25, 0.3) is 0 Å². The second kappa shape index (κ2) is 6.55. The van der Waals surface area contributed by atoms with Crippen LogP contribution in [0, 0.1) is 21.8 Å². The van der Waals surface area contributed by atoms with Gasteiger partial charge in [-0.2, -0.15) is 5.10 Å². The molecular formula is C15H19FN4O2. The van der Waals surface area contributed by atoms with Crippen molar-refractivity contribution in [2.75, 3.05) is 5.32 Å². The number of nitrogens with one attached hydrogen (secondary N) is 1. The average Bonchev–Trinajstić information content (AvgIpc) is 2.81. The lowest BCUT2D eigenvalue weighted by Crippen LogP contribution is -2.10. The molecule has 1 N–H and O–H groups in total. The van der Waals surface area contributed by atoms with E-state index in [0.717, 1.165) is 24.7 Å². The zero-order chi connectivity index (χ0) is 16.3. The lowest BCUT2D eigenvalue weighted by molar-refractivity contribution is -0.384. The molecule has 2 aromatic rings. The first-order valence-electron chi connectivity index (χ1n) is 7.18. The quantitative estimate of drug-likeness (QED) is 0.649. The van der Waals surface area contributed by atoms with Gasteiger partial charge in [0.15, 0.2) is 0 Å². The lowest BCUT2D eigenvalue weighted by Gasteiger charge is -2.11. The first-order chi connectivity index (χ1) is 10.4. The molecule has 2 rings (SSSR count). The van der Waals surface area contributed by atoms with Crippen molar-refractivity contribution in [3.05, 3.63) is 46.0 Å². The van der Waals surface area contributed by atoms with Gasteiger partial charge >= 0.3 is 0 Å². The monoisotopic (exact) mass is 306 g/mol. The molecule has 0 aliphatic heterocycles. The van der Waals surface area contributed by atoms with E-state index in [1.54, 1.807) is 6.20 Å². The Hall–Kier alpha value is -2.44. The fraction of sp³-hybridized carbons (Fsp3) is 0.400. The second-order valence-electron chi connectivity index (χ2n) is 5.48. The Balaban J connectivity index is 2.35. The Morgan fingerprint density at radius 3 is 2.73 bits per heavy atom. The van der Waals surface area contributed by atoms with Crippen molar-refractivity contribution < 1.29 is 9.31 Å². The Morgan fingerprint density at radius 1 is 1.41 bits per heavy atom. The molecule has 0 atom stereocenters. The van der Waals surface area contributed by atoms with Crippen molar-refractivity contribution in [1.82, 2.24) is 9.78 Å². The number of anilines is 2. The number of nitro benzene ring substituents is 1. The van der Waals surface area contributed by atoms with Gasteiger partial charge in [0.1, 0.15) is 11.5 Å². The summed E-state index contributed by atoms with van der Waals surface area (Å²) in [6, 6.07) is 3.47. The smallest absolute Gasteiger partial charge is 0.295 e. The molecule has 0 spiro atoms. The highest BCUT2D eigenvalue weighted by atomic mass is 19.1. The van der Waals surface area contributed by atoms with Gasteiger partial charge in [0, 0.05) is 6.54 Å². The molecule has 0 aliphatic rings. The molecular weight excluding hydrogens is 287 g/mol. The van der Waals surface area contributed by atoms with E-state index >= 15 is 0 Å². The first-order valence-corrected chi connectivity index (χ1v) is 7.18. The predicted molar refractivity (Wildman–Crippen MR) is 82.8 cm³/mol. The highest BCUT2D eigenvalue weighted by Crippen LogP contribution is 2.30. The zero-order valence-corrected chi connectivity index (χ0v) is 12.8. The number of aromatic nitrogens is 2. The van der Waals surface area contributed by atoms with Crippen molar-refractivity contribution in [3.8, 4) is 0 Å². The minimum Gasteiger partial charge on any atom is -0.347 e. The third kappa shape index (κ3) is 3.41. The fourth-order valence-corrected chi connectivity index (χ4v) is 2.30. The van der Waals surface area contributed by atoms with Crippen molar-refractivity contribution in [2.24, 2.45) is 5.92 Å². The SMILES string of the molecule is CCc1c(Nc2ccc(F)cc2[N+](=O)[O-])cnn1CC(C)C. The van der Waals surface area contributed by atoms with Gasteiger partial charge in [0.05, 0.1) is 28.6 Å². The van der Waals surface area contributed by atoms with Crippen LogP contribution >= 0.6 is 0 Å². The molecule has 6 nitrogen and oxygen atoms in total. The fourth-order valence-electron chi connectivity index (χ4n) is 2.30. The van der Waals surface area contributed by atoms with E-state index < -0.39 is 10.7 Å². The zero-order valence-electron chi connectivity index (χ0n) is 12.8. The summed E-state index contributed by atoms with van der Waals surface area (Å²) >= 11 is 0. The molecule has 7 heteroatoms. The molecule has 0 saturated carbocycles. The molecule has 0 aliphatic carbocycles. The van der Waals surface area contributed by atoms with Gasteiger partial charge in [0.25, 0.3) is 5.69 Å². The molecule has 22 heavy (non-hydrogen) atoms. The van der Waals surface area contributed by atoms with Gasteiger partial charge in [0.2, 0.25) is 0 Å². The molecule has 118 valence electrons. The summed E-state index contributed by atoms with van der Waals surface area (Å²) in [7, 11) is 0. The van der Waals surface area contributed by atoms with E-state index in [1.807, 2.05) is 11.6 Å². The highest BCUT2D eigenvalue weighted by molar-refractivity contribution is 5.70. The van der Waals surface area contributed by atoms with Crippen LogP contribution in [0.2, 0.25) is 0 Å². The molecule has 1 heterocycles. The number of benzene rings is 1. The van der Waals surface area contributed by atoms with Gasteiger partial charge in [-0.1, -0.05) is 20.8 Å². The third-order valence-corrected chi connectivity index (χ3v) is 3.25. The maximum absolute atomic E-state index is 13.2. The lowest BCUT2D eigenvalue weighted by atomic mass is 10.2. The number of hydrogen-bond acceptors (Lipinski definition) is 4. The van der Waals surface area contributed by atoms with E-state index in [4.69, 9.17) is 0 Å². The molecule has 0 radical (unpaired) electrons. The second-order valence-corrected chi connectivity index (χ2v) is 5.48. The summed E-state index contributed by atoms with van der Waals surface area (Å²) in [5.74, 6) is -0.193. The maximum atomic E-state index is 13.2. The minimum absolute atomic E-state index is 0.255. The van der Waals surface area contributed by atoms with E-state index in [2.05, 4.69) is 24.3 Å². The number of hydrogen-bond donors (Lipinski definition) is 1. The summed E-state index contributed by atoms with van der Waals surface area (Å²) in [5.41, 5.74) is 1.63. The van der Waals surface area contributed by atoms with Gasteiger partial charge in [-0.15, -0.1) is 0 Å². The van der Waals surface area contributed by atoms with Crippen LogP contribution in [-0.2, 0) is 13.0 Å². The molecule has 0 amide bonds. The number of halogens is 1. The number of nitro groups is 1. The van der Waals surface area contributed by atoms with Crippen LogP contribution in [0.15, 0.2) is 24.4 Å². The van der Waals surface area contributed by atoms with Crippen molar-refractivity contribution in [2.45, 2.75) is 33.7 Å². The molecule has 0 bridgehead atoms. The normalized spacial score (nSPS) is 11.0. The topological polar surface area (TPSA) is 73.0 Å². The standard InChI is InChI=1S/C15H19FN4O2/c1-4-14-13(8-17-19(14)9-10(2)3)18-12-6-5-11(16)7-15(12)20(21)22/h5-8,10,18H,4,9H2,1-3H3. The van der Waals surface area contributed by atoms with Gasteiger partial charge in [-0.3, -0.25) is 14.8 Å². The van der Waals surface area contributed by atoms with E-state index in [0.29, 0.717) is 11.6 Å². The van der Waals surface area contributed by atoms with E-state index in [1.165, 1.54) is 12.1 Å². The largest absolute Gasteiger partial charge is 0.347 e. The molecule has 0 saturated heterocycles. The Labute approximate surface area is 128 Å². The van der Waals surface area contributed by atoms with Crippen LogP contribution in [0.4, 0.5) is 21.5 Å². The van der Waals surface area contributed by atoms with Crippen molar-refractivity contribution in [3.63, 3.8) is 0 Å². The summed E-state index contributed by atoms with van der Waals surface area (Å²) in [6.45, 7) is 6.96. The predicted octanol–water partition coefficient (Wildman–Crippen LogP) is 3.89. The van der Waals surface area contributed by atoms with Crippen LogP contribution in [0.5, 0.6) is 0 Å². The van der Waals surface area contributed by atoms with Gasteiger partial charge in [-0.05, 0) is 24.5 Å². The maximum Gasteiger partial charge on any atom is 0.295 e. The van der Waals surface area contributed by atoms with Crippen LogP contribution in [0.3, 0.4) is 0 Å². The summed E-state index contributed by atoms with van der Waals surface area (Å²) in [4.78, 5) is 10.4. The van der Waals surface area contributed by atoms with E-state index in [9.17, 15) is 14.5 Å². The van der Waals surface area contributed by atoms with Gasteiger partial charge in [-0.25, -0.2) is 4.39 Å². The summed E-state index contributed by atoms with van der Waals surface area (Å²) in [6.07, 6.45) is 2.39. The molecule has 0 fully saturated rings. The Kier molecular flexibility index (Phi) is 4.75. The minimum atomic E-state index is -0.636.